The van der Waals surface area contributed by atoms with E-state index in [0.29, 0.717) is 35.4 Å². The Kier molecular flexibility index (Phi) is 7.17. The van der Waals surface area contributed by atoms with Crippen molar-refractivity contribution >= 4 is 34.2 Å². The molecule has 0 radical (unpaired) electrons. The van der Waals surface area contributed by atoms with E-state index in [9.17, 15) is 4.79 Å². The summed E-state index contributed by atoms with van der Waals surface area (Å²) in [5.74, 6) is 1.16. The summed E-state index contributed by atoms with van der Waals surface area (Å²) in [6, 6.07) is 6.51. The first-order chi connectivity index (χ1) is 15.4. The standard InChI is InChI=1S/C24H34ClN5O2/c1-15(2)29(3)18-6-8-22(16(11-18)13-32-4)30-10-9-21(24(30)31)28-23-19-12-17(25)5-7-20(19)26-14-27-23/h5,7,12,14-16,18,21-22H,6,8-11,13H2,1-4H3,(H,26,27,28)/t16-,18+,21?,22-/m0/s1. The maximum absolute atomic E-state index is 13.4. The van der Waals surface area contributed by atoms with Gasteiger partial charge < -0.3 is 19.9 Å². The van der Waals surface area contributed by atoms with Crippen LogP contribution in [0.15, 0.2) is 24.5 Å². The van der Waals surface area contributed by atoms with Crippen molar-refractivity contribution < 1.29 is 9.53 Å². The van der Waals surface area contributed by atoms with E-state index in [0.717, 1.165) is 43.1 Å². The summed E-state index contributed by atoms with van der Waals surface area (Å²) in [5, 5.41) is 4.84. The zero-order valence-corrected chi connectivity index (χ0v) is 20.2. The number of carbonyl (C=O) groups is 1. The van der Waals surface area contributed by atoms with Crippen LogP contribution in [0.25, 0.3) is 10.9 Å². The minimum Gasteiger partial charge on any atom is -0.384 e. The second-order valence-corrected chi connectivity index (χ2v) is 9.85. The zero-order valence-electron chi connectivity index (χ0n) is 19.4. The SMILES string of the molecule is COC[C@@H]1C[C@H](N(C)C(C)C)CC[C@@H]1N1CCC(Nc2ncnc3ccc(Cl)cc23)C1=O. The van der Waals surface area contributed by atoms with Crippen LogP contribution in [-0.4, -0.2) is 77.2 Å². The Hall–Kier alpha value is -1.96. The Bertz CT molecular complexity index is 955. The molecule has 2 heterocycles. The van der Waals surface area contributed by atoms with Crippen LogP contribution in [0.5, 0.6) is 0 Å². The fourth-order valence-electron chi connectivity index (χ4n) is 5.29. The fraction of sp³-hybridized carbons (Fsp3) is 0.625. The molecule has 1 N–H and O–H groups in total. The number of carbonyl (C=O) groups excluding carboxylic acids is 1. The van der Waals surface area contributed by atoms with E-state index in [1.165, 1.54) is 6.33 Å². The highest BCUT2D eigenvalue weighted by Crippen LogP contribution is 2.35. The lowest BCUT2D eigenvalue weighted by Gasteiger charge is -2.44. The maximum Gasteiger partial charge on any atom is 0.245 e. The van der Waals surface area contributed by atoms with Crippen LogP contribution in [0.1, 0.15) is 39.5 Å². The fourth-order valence-corrected chi connectivity index (χ4v) is 5.46. The number of hydrogen-bond donors (Lipinski definition) is 1. The van der Waals surface area contributed by atoms with Crippen molar-refractivity contribution in [3.05, 3.63) is 29.5 Å². The molecule has 1 amide bonds. The first-order valence-corrected chi connectivity index (χ1v) is 11.9. The molecule has 1 unspecified atom stereocenters. The van der Waals surface area contributed by atoms with Gasteiger partial charge in [0.25, 0.3) is 0 Å². The van der Waals surface area contributed by atoms with Crippen molar-refractivity contribution in [3.8, 4) is 0 Å². The molecule has 0 bridgehead atoms. The third kappa shape index (κ3) is 4.70. The Morgan fingerprint density at radius 1 is 1.28 bits per heavy atom. The lowest BCUT2D eigenvalue weighted by Crippen LogP contribution is -2.52. The highest BCUT2D eigenvalue weighted by atomic mass is 35.5. The quantitative estimate of drug-likeness (QED) is 0.678. The number of benzene rings is 1. The Labute approximate surface area is 195 Å². The van der Waals surface area contributed by atoms with Gasteiger partial charge in [-0.15, -0.1) is 0 Å². The molecular formula is C24H34ClN5O2. The first-order valence-electron chi connectivity index (χ1n) is 11.6. The van der Waals surface area contributed by atoms with E-state index in [1.807, 2.05) is 18.2 Å². The number of likely N-dealkylation sites (tertiary alicyclic amines) is 1. The molecular weight excluding hydrogens is 426 g/mol. The van der Waals surface area contributed by atoms with Crippen molar-refractivity contribution in [3.63, 3.8) is 0 Å². The molecule has 7 nitrogen and oxygen atoms in total. The normalized spacial score (nSPS) is 26.5. The van der Waals surface area contributed by atoms with Crippen LogP contribution in [0, 0.1) is 5.92 Å². The topological polar surface area (TPSA) is 70.6 Å². The molecule has 1 saturated heterocycles. The number of nitrogens with zero attached hydrogens (tertiary/aromatic N) is 4. The first kappa shape index (κ1) is 23.2. The molecule has 174 valence electrons. The van der Waals surface area contributed by atoms with Crippen molar-refractivity contribution in [2.24, 2.45) is 5.92 Å². The van der Waals surface area contributed by atoms with Crippen molar-refractivity contribution in [1.82, 2.24) is 19.8 Å². The third-order valence-corrected chi connectivity index (χ3v) is 7.47. The maximum atomic E-state index is 13.4. The minimum absolute atomic E-state index is 0.153. The molecule has 1 aliphatic heterocycles. The van der Waals surface area contributed by atoms with Gasteiger partial charge in [-0.25, -0.2) is 9.97 Å². The van der Waals surface area contributed by atoms with Gasteiger partial charge in [0.15, 0.2) is 0 Å². The Morgan fingerprint density at radius 3 is 2.84 bits per heavy atom. The summed E-state index contributed by atoms with van der Waals surface area (Å²) < 4.78 is 5.58. The number of methoxy groups -OCH3 is 1. The summed E-state index contributed by atoms with van der Waals surface area (Å²) in [7, 11) is 3.97. The largest absolute Gasteiger partial charge is 0.384 e. The number of anilines is 1. The lowest BCUT2D eigenvalue weighted by molar-refractivity contribution is -0.133. The molecule has 1 saturated carbocycles. The second kappa shape index (κ2) is 9.89. The predicted octanol–water partition coefficient (Wildman–Crippen LogP) is 3.82. The van der Waals surface area contributed by atoms with Crippen LogP contribution in [0.2, 0.25) is 5.02 Å². The molecule has 4 rings (SSSR count). The van der Waals surface area contributed by atoms with Crippen LogP contribution in [0.4, 0.5) is 5.82 Å². The number of rotatable bonds is 7. The summed E-state index contributed by atoms with van der Waals surface area (Å²) >= 11 is 6.19. The van der Waals surface area contributed by atoms with E-state index in [1.54, 1.807) is 7.11 Å². The monoisotopic (exact) mass is 459 g/mol. The number of amides is 1. The van der Waals surface area contributed by atoms with Gasteiger partial charge in [0.1, 0.15) is 18.2 Å². The number of hydrogen-bond acceptors (Lipinski definition) is 6. The zero-order chi connectivity index (χ0) is 22.8. The lowest BCUT2D eigenvalue weighted by atomic mass is 9.80. The van der Waals surface area contributed by atoms with Crippen LogP contribution in [-0.2, 0) is 9.53 Å². The highest BCUT2D eigenvalue weighted by Gasteiger charge is 2.42. The van der Waals surface area contributed by atoms with E-state index in [-0.39, 0.29) is 18.0 Å². The summed E-state index contributed by atoms with van der Waals surface area (Å²) in [6.45, 7) is 5.92. The number of halogens is 1. The molecule has 8 heteroatoms. The van der Waals surface area contributed by atoms with Gasteiger partial charge in [-0.05, 0) is 64.8 Å². The Balaban J connectivity index is 1.48. The van der Waals surface area contributed by atoms with Crippen LogP contribution in [0.3, 0.4) is 0 Å². The van der Waals surface area contributed by atoms with Crippen LogP contribution < -0.4 is 5.32 Å². The average Bonchev–Trinajstić information content (AvgIpc) is 3.13. The van der Waals surface area contributed by atoms with Gasteiger partial charge >= 0.3 is 0 Å². The van der Waals surface area contributed by atoms with E-state index in [2.05, 4.69) is 46.0 Å². The van der Waals surface area contributed by atoms with Gasteiger partial charge in [0.2, 0.25) is 5.91 Å². The molecule has 2 aromatic rings. The number of ether oxygens (including phenoxy) is 1. The molecule has 1 aromatic heterocycles. The van der Waals surface area contributed by atoms with Crippen molar-refractivity contribution in [1.29, 1.82) is 0 Å². The average molecular weight is 460 g/mol. The van der Waals surface area contributed by atoms with E-state index < -0.39 is 0 Å². The third-order valence-electron chi connectivity index (χ3n) is 7.23. The van der Waals surface area contributed by atoms with Gasteiger partial charge in [-0.3, -0.25) is 4.79 Å². The Morgan fingerprint density at radius 2 is 2.09 bits per heavy atom. The minimum atomic E-state index is -0.286. The molecule has 2 aliphatic rings. The summed E-state index contributed by atoms with van der Waals surface area (Å²) in [5.41, 5.74) is 0.807. The molecule has 1 aliphatic carbocycles. The van der Waals surface area contributed by atoms with Gasteiger partial charge in [0.05, 0.1) is 12.1 Å². The highest BCUT2D eigenvalue weighted by molar-refractivity contribution is 6.31. The molecule has 0 spiro atoms. The van der Waals surface area contributed by atoms with Gasteiger partial charge in [0, 0.05) is 48.1 Å². The summed E-state index contributed by atoms with van der Waals surface area (Å²) in [4.78, 5) is 26.7. The van der Waals surface area contributed by atoms with Crippen molar-refractivity contribution in [2.45, 2.75) is 63.7 Å². The predicted molar refractivity (Wildman–Crippen MR) is 128 cm³/mol. The van der Waals surface area contributed by atoms with Gasteiger partial charge in [-0.1, -0.05) is 11.6 Å². The van der Waals surface area contributed by atoms with Gasteiger partial charge in [-0.2, -0.15) is 0 Å². The van der Waals surface area contributed by atoms with Crippen molar-refractivity contribution in [2.75, 3.05) is 32.6 Å². The second-order valence-electron chi connectivity index (χ2n) is 9.41. The molecule has 1 aromatic carbocycles. The molecule has 4 atom stereocenters. The number of fused-ring (bicyclic) bond motifs is 1. The molecule has 32 heavy (non-hydrogen) atoms. The summed E-state index contributed by atoms with van der Waals surface area (Å²) in [6.07, 6.45) is 5.47. The van der Waals surface area contributed by atoms with E-state index in [4.69, 9.17) is 16.3 Å². The van der Waals surface area contributed by atoms with Crippen LogP contribution >= 0.6 is 11.6 Å². The number of aromatic nitrogens is 2. The number of nitrogens with one attached hydrogen (secondary N) is 1. The smallest absolute Gasteiger partial charge is 0.245 e. The van der Waals surface area contributed by atoms with E-state index >= 15 is 0 Å². The molecule has 2 fully saturated rings.